The molecule has 2 N–H and O–H groups in total. The monoisotopic (exact) mass is 195 g/mol. The van der Waals surface area contributed by atoms with Gasteiger partial charge >= 0.3 is 5.97 Å². The number of esters is 1. The molecule has 0 aliphatic rings. The second-order valence-corrected chi connectivity index (χ2v) is 2.92. The zero-order chi connectivity index (χ0) is 8.85. The lowest BCUT2D eigenvalue weighted by molar-refractivity contribution is -0.143. The van der Waals surface area contributed by atoms with Gasteiger partial charge in [-0.15, -0.1) is 12.4 Å². The van der Waals surface area contributed by atoms with E-state index in [1.54, 1.807) is 6.92 Å². The highest BCUT2D eigenvalue weighted by molar-refractivity contribution is 5.85. The Kier molecular flexibility index (Phi) is 8.76. The van der Waals surface area contributed by atoms with Crippen LogP contribution in [0.2, 0.25) is 0 Å². The first-order chi connectivity index (χ1) is 5.07. The fourth-order valence-electron chi connectivity index (χ4n) is 0.648. The van der Waals surface area contributed by atoms with E-state index in [4.69, 9.17) is 10.5 Å². The molecule has 0 radical (unpaired) electrons. The van der Waals surface area contributed by atoms with Crippen LogP contribution < -0.4 is 5.73 Å². The fraction of sp³-hybridized carbons (Fsp3) is 0.875. The number of carbonyl (C=O) groups is 1. The van der Waals surface area contributed by atoms with Crippen molar-refractivity contribution in [1.82, 2.24) is 0 Å². The first kappa shape index (κ1) is 14.3. The van der Waals surface area contributed by atoms with Crippen molar-refractivity contribution in [3.63, 3.8) is 0 Å². The van der Waals surface area contributed by atoms with Crippen LogP contribution in [0, 0.1) is 5.92 Å². The standard InChI is InChI=1S/C8H17NO2.ClH/c1-4-11-8(10)5-7(9)6(2)3;/h6-7H,4-5,9H2,1-3H3;1H. The van der Waals surface area contributed by atoms with E-state index in [-0.39, 0.29) is 24.4 Å². The van der Waals surface area contributed by atoms with Crippen LogP contribution in [0.3, 0.4) is 0 Å². The second kappa shape index (κ2) is 7.37. The molecule has 0 fully saturated rings. The van der Waals surface area contributed by atoms with Gasteiger partial charge in [0, 0.05) is 6.04 Å². The van der Waals surface area contributed by atoms with Crippen LogP contribution in [-0.4, -0.2) is 18.6 Å². The number of nitrogens with two attached hydrogens (primary N) is 1. The number of hydrogen-bond donors (Lipinski definition) is 1. The van der Waals surface area contributed by atoms with Crippen molar-refractivity contribution in [3.05, 3.63) is 0 Å². The van der Waals surface area contributed by atoms with Crippen molar-refractivity contribution in [1.29, 1.82) is 0 Å². The summed E-state index contributed by atoms with van der Waals surface area (Å²) in [7, 11) is 0. The Hall–Kier alpha value is -0.280. The molecule has 0 aliphatic heterocycles. The van der Waals surface area contributed by atoms with E-state index in [2.05, 4.69) is 0 Å². The highest BCUT2D eigenvalue weighted by Gasteiger charge is 2.12. The SMILES string of the molecule is CCOC(=O)CC(N)C(C)C.Cl. The van der Waals surface area contributed by atoms with Crippen molar-refractivity contribution < 1.29 is 9.53 Å². The van der Waals surface area contributed by atoms with E-state index < -0.39 is 0 Å². The topological polar surface area (TPSA) is 52.3 Å². The smallest absolute Gasteiger partial charge is 0.307 e. The van der Waals surface area contributed by atoms with Crippen LogP contribution >= 0.6 is 12.4 Å². The molecule has 12 heavy (non-hydrogen) atoms. The van der Waals surface area contributed by atoms with Crippen molar-refractivity contribution in [2.24, 2.45) is 11.7 Å². The van der Waals surface area contributed by atoms with Gasteiger partial charge < -0.3 is 10.5 Å². The van der Waals surface area contributed by atoms with Gasteiger partial charge in [0.15, 0.2) is 0 Å². The fourth-order valence-corrected chi connectivity index (χ4v) is 0.648. The van der Waals surface area contributed by atoms with Gasteiger partial charge in [0.2, 0.25) is 0 Å². The summed E-state index contributed by atoms with van der Waals surface area (Å²) in [5.41, 5.74) is 5.65. The summed E-state index contributed by atoms with van der Waals surface area (Å²) in [4.78, 5) is 10.9. The molecule has 0 bridgehead atoms. The Bertz CT molecular complexity index is 128. The molecule has 0 heterocycles. The quantitative estimate of drug-likeness (QED) is 0.689. The molecule has 0 amide bonds. The molecule has 0 spiro atoms. The molecule has 1 unspecified atom stereocenters. The molecule has 0 saturated carbocycles. The number of ether oxygens (including phenoxy) is 1. The van der Waals surface area contributed by atoms with Crippen LogP contribution in [-0.2, 0) is 9.53 Å². The Morgan fingerprint density at radius 3 is 2.33 bits per heavy atom. The molecule has 0 aromatic carbocycles. The van der Waals surface area contributed by atoms with Crippen LogP contribution in [0.15, 0.2) is 0 Å². The maximum Gasteiger partial charge on any atom is 0.307 e. The summed E-state index contributed by atoms with van der Waals surface area (Å²) < 4.78 is 4.74. The summed E-state index contributed by atoms with van der Waals surface area (Å²) in [5.74, 6) is 0.133. The van der Waals surface area contributed by atoms with E-state index in [1.165, 1.54) is 0 Å². The van der Waals surface area contributed by atoms with Gasteiger partial charge in [0.05, 0.1) is 13.0 Å². The Labute approximate surface area is 80.1 Å². The number of carbonyl (C=O) groups excluding carboxylic acids is 1. The van der Waals surface area contributed by atoms with E-state index >= 15 is 0 Å². The minimum atomic E-state index is -0.200. The third-order valence-electron chi connectivity index (χ3n) is 1.56. The van der Waals surface area contributed by atoms with Crippen molar-refractivity contribution in [2.75, 3.05) is 6.61 Å². The third-order valence-corrected chi connectivity index (χ3v) is 1.56. The van der Waals surface area contributed by atoms with Gasteiger partial charge in [0.25, 0.3) is 0 Å². The minimum absolute atomic E-state index is 0. The average Bonchev–Trinajstić information content (AvgIpc) is 1.87. The first-order valence-corrected chi connectivity index (χ1v) is 3.99. The third kappa shape index (κ3) is 6.43. The largest absolute Gasteiger partial charge is 0.466 e. The molecule has 74 valence electrons. The first-order valence-electron chi connectivity index (χ1n) is 3.99. The number of hydrogen-bond acceptors (Lipinski definition) is 3. The lowest BCUT2D eigenvalue weighted by Gasteiger charge is -2.13. The summed E-state index contributed by atoms with van der Waals surface area (Å²) >= 11 is 0. The molecule has 0 aromatic heterocycles. The zero-order valence-electron chi connectivity index (χ0n) is 7.87. The van der Waals surface area contributed by atoms with Gasteiger partial charge in [-0.2, -0.15) is 0 Å². The highest BCUT2D eigenvalue weighted by Crippen LogP contribution is 2.03. The maximum absolute atomic E-state index is 10.9. The van der Waals surface area contributed by atoms with E-state index in [9.17, 15) is 4.79 Å². The van der Waals surface area contributed by atoms with Crippen LogP contribution in [0.4, 0.5) is 0 Å². The normalized spacial score (nSPS) is 12.1. The highest BCUT2D eigenvalue weighted by atomic mass is 35.5. The molecule has 0 saturated heterocycles. The molecule has 1 atom stereocenters. The average molecular weight is 196 g/mol. The molecule has 4 heteroatoms. The van der Waals surface area contributed by atoms with Crippen molar-refractivity contribution in [2.45, 2.75) is 33.2 Å². The molecule has 0 rings (SSSR count). The van der Waals surface area contributed by atoms with Gasteiger partial charge in [-0.3, -0.25) is 4.79 Å². The van der Waals surface area contributed by atoms with Gasteiger partial charge in [-0.25, -0.2) is 0 Å². The zero-order valence-corrected chi connectivity index (χ0v) is 8.69. The molecule has 0 aliphatic carbocycles. The van der Waals surface area contributed by atoms with Crippen LogP contribution in [0.1, 0.15) is 27.2 Å². The van der Waals surface area contributed by atoms with Crippen LogP contribution in [0.5, 0.6) is 0 Å². The second-order valence-electron chi connectivity index (χ2n) is 2.92. The molecule has 0 aromatic rings. The summed E-state index contributed by atoms with van der Waals surface area (Å²) in [6, 6.07) is -0.0750. The number of rotatable bonds is 4. The lowest BCUT2D eigenvalue weighted by Crippen LogP contribution is -2.29. The minimum Gasteiger partial charge on any atom is -0.466 e. The van der Waals surface area contributed by atoms with Crippen molar-refractivity contribution >= 4 is 18.4 Å². The summed E-state index contributed by atoms with van der Waals surface area (Å²) in [5, 5.41) is 0. The van der Waals surface area contributed by atoms with Gasteiger partial charge in [-0.1, -0.05) is 13.8 Å². The lowest BCUT2D eigenvalue weighted by atomic mass is 10.0. The van der Waals surface area contributed by atoms with Crippen molar-refractivity contribution in [3.8, 4) is 0 Å². The van der Waals surface area contributed by atoms with Gasteiger partial charge in [0.1, 0.15) is 0 Å². The molecular weight excluding hydrogens is 178 g/mol. The predicted molar refractivity (Wildman–Crippen MR) is 51.3 cm³/mol. The van der Waals surface area contributed by atoms with E-state index in [0.717, 1.165) is 0 Å². The molecule has 3 nitrogen and oxygen atoms in total. The number of halogens is 1. The predicted octanol–water partition coefficient (Wildman–Crippen LogP) is 1.34. The Morgan fingerprint density at radius 2 is 2.00 bits per heavy atom. The van der Waals surface area contributed by atoms with E-state index in [0.29, 0.717) is 18.9 Å². The maximum atomic E-state index is 10.9. The van der Waals surface area contributed by atoms with Crippen LogP contribution in [0.25, 0.3) is 0 Å². The summed E-state index contributed by atoms with van der Waals surface area (Å²) in [6.07, 6.45) is 0.325. The Balaban J connectivity index is 0. The van der Waals surface area contributed by atoms with Gasteiger partial charge in [-0.05, 0) is 12.8 Å². The summed E-state index contributed by atoms with van der Waals surface area (Å²) in [6.45, 7) is 6.20. The van der Waals surface area contributed by atoms with E-state index in [1.807, 2.05) is 13.8 Å². The molecular formula is C8H18ClNO2. The Morgan fingerprint density at radius 1 is 1.50 bits per heavy atom.